The Labute approximate surface area is 205 Å². The molecule has 1 saturated heterocycles. The van der Waals surface area contributed by atoms with Gasteiger partial charge in [-0.25, -0.2) is 13.2 Å². The molecule has 1 saturated carbocycles. The first-order chi connectivity index (χ1) is 16.5. The van der Waals surface area contributed by atoms with Gasteiger partial charge in [0, 0.05) is 11.4 Å². The van der Waals surface area contributed by atoms with Crippen LogP contribution in [0.15, 0.2) is 47.4 Å². The van der Waals surface area contributed by atoms with Crippen LogP contribution in [0.4, 0.5) is 16.2 Å². The van der Waals surface area contributed by atoms with Gasteiger partial charge in [0.1, 0.15) is 12.1 Å². The van der Waals surface area contributed by atoms with Crippen LogP contribution < -0.4 is 15.4 Å². The summed E-state index contributed by atoms with van der Waals surface area (Å²) in [5.41, 5.74) is 1.15. The van der Waals surface area contributed by atoms with Gasteiger partial charge in [0.05, 0.1) is 4.90 Å². The van der Waals surface area contributed by atoms with Gasteiger partial charge in [0.2, 0.25) is 5.91 Å². The van der Waals surface area contributed by atoms with Gasteiger partial charge in [-0.3, -0.25) is 19.2 Å². The summed E-state index contributed by atoms with van der Waals surface area (Å²) < 4.78 is 28.6. The van der Waals surface area contributed by atoms with E-state index in [-0.39, 0.29) is 22.4 Å². The van der Waals surface area contributed by atoms with E-state index in [9.17, 15) is 22.8 Å². The first-order valence-corrected chi connectivity index (χ1v) is 13.1. The summed E-state index contributed by atoms with van der Waals surface area (Å²) in [6.07, 6.45) is 3.24. The third kappa shape index (κ3) is 4.88. The molecule has 2 fully saturated rings. The zero-order valence-electron chi connectivity index (χ0n) is 20.1. The number of nitrogens with one attached hydrogen (secondary N) is 3. The van der Waals surface area contributed by atoms with Crippen molar-refractivity contribution in [2.24, 2.45) is 5.92 Å². The van der Waals surface area contributed by atoms with Gasteiger partial charge in [-0.1, -0.05) is 38.0 Å². The van der Waals surface area contributed by atoms with Crippen molar-refractivity contribution in [2.45, 2.75) is 56.9 Å². The van der Waals surface area contributed by atoms with E-state index in [0.717, 1.165) is 29.7 Å². The number of imide groups is 1. The van der Waals surface area contributed by atoms with Crippen molar-refractivity contribution in [1.29, 1.82) is 0 Å². The third-order valence-corrected chi connectivity index (χ3v) is 8.36. The molecule has 2 unspecified atom stereocenters. The molecule has 2 aromatic carbocycles. The predicted octanol–water partition coefficient (Wildman–Crippen LogP) is 3.54. The number of sulfonamides is 1. The van der Waals surface area contributed by atoms with E-state index >= 15 is 0 Å². The maximum absolute atomic E-state index is 13.1. The molecule has 0 aromatic heterocycles. The van der Waals surface area contributed by atoms with Crippen molar-refractivity contribution in [3.8, 4) is 0 Å². The molecule has 4 amide bonds. The smallest absolute Gasteiger partial charge is 0.324 e. The fourth-order valence-corrected chi connectivity index (χ4v) is 6.19. The standard InChI is InChI=1S/C25H30N4O5S/c1-16-7-6-9-20(13-16)28-35(33,34)21-14-19(11-10-17(21)2)26-22(30)15-29-23(31)25(27-24(29)32)12-5-4-8-18(25)3/h6-7,9-11,13-14,18,28H,4-5,8,12,15H2,1-3H3,(H,26,30)(H,27,32). The normalized spacial score (nSPS) is 22.3. The lowest BCUT2D eigenvalue weighted by Gasteiger charge is -2.36. The molecule has 2 aliphatic rings. The molecule has 186 valence electrons. The van der Waals surface area contributed by atoms with Crippen molar-refractivity contribution >= 4 is 39.2 Å². The number of carbonyl (C=O) groups is 3. The maximum Gasteiger partial charge on any atom is 0.325 e. The van der Waals surface area contributed by atoms with Crippen molar-refractivity contribution in [3.63, 3.8) is 0 Å². The summed E-state index contributed by atoms with van der Waals surface area (Å²) in [4.78, 5) is 39.3. The Kier molecular flexibility index (Phi) is 6.59. The molecule has 1 heterocycles. The van der Waals surface area contributed by atoms with Gasteiger partial charge in [0.15, 0.2) is 0 Å². The van der Waals surface area contributed by atoms with Crippen LogP contribution in [0, 0.1) is 19.8 Å². The Hall–Kier alpha value is -3.40. The number of amides is 4. The summed E-state index contributed by atoms with van der Waals surface area (Å²) in [6, 6.07) is 10.9. The molecule has 1 spiro atoms. The van der Waals surface area contributed by atoms with Crippen LogP contribution in [0.1, 0.15) is 43.7 Å². The number of nitrogens with zero attached hydrogens (tertiary/aromatic N) is 1. The Morgan fingerprint density at radius 3 is 2.60 bits per heavy atom. The van der Waals surface area contributed by atoms with Crippen LogP contribution in [0.2, 0.25) is 0 Å². The summed E-state index contributed by atoms with van der Waals surface area (Å²) in [7, 11) is -3.91. The SMILES string of the molecule is Cc1cccc(NS(=O)(=O)c2cc(NC(=O)CN3C(=O)NC4(CCCCC4C)C3=O)ccc2C)c1. The second-order valence-electron chi connectivity index (χ2n) is 9.44. The molecule has 35 heavy (non-hydrogen) atoms. The van der Waals surface area contributed by atoms with E-state index in [4.69, 9.17) is 0 Å². The molecular formula is C25H30N4O5S. The van der Waals surface area contributed by atoms with Crippen LogP contribution in [0.25, 0.3) is 0 Å². The van der Waals surface area contributed by atoms with E-state index in [0.29, 0.717) is 17.7 Å². The van der Waals surface area contributed by atoms with Crippen LogP contribution in [0.5, 0.6) is 0 Å². The highest BCUT2D eigenvalue weighted by atomic mass is 32.2. The Bertz CT molecular complexity index is 1290. The summed E-state index contributed by atoms with van der Waals surface area (Å²) in [5, 5.41) is 5.44. The van der Waals surface area contributed by atoms with Gasteiger partial charge >= 0.3 is 6.03 Å². The number of hydrogen-bond donors (Lipinski definition) is 3. The summed E-state index contributed by atoms with van der Waals surface area (Å²) in [5.74, 6) is -0.973. The number of rotatable bonds is 6. The zero-order valence-corrected chi connectivity index (χ0v) is 20.9. The fraction of sp³-hybridized carbons (Fsp3) is 0.400. The van der Waals surface area contributed by atoms with Gasteiger partial charge in [0.25, 0.3) is 15.9 Å². The minimum atomic E-state index is -3.91. The molecule has 0 bridgehead atoms. The average Bonchev–Trinajstić information content (AvgIpc) is 3.01. The monoisotopic (exact) mass is 498 g/mol. The van der Waals surface area contributed by atoms with Crippen LogP contribution in [-0.2, 0) is 19.6 Å². The molecule has 1 aliphatic heterocycles. The van der Waals surface area contributed by atoms with Crippen LogP contribution in [-0.4, -0.2) is 43.2 Å². The average molecular weight is 499 g/mol. The Morgan fingerprint density at radius 1 is 1.11 bits per heavy atom. The maximum atomic E-state index is 13.1. The molecule has 4 rings (SSSR count). The van der Waals surface area contributed by atoms with Crippen molar-refractivity contribution in [2.75, 3.05) is 16.6 Å². The molecular weight excluding hydrogens is 468 g/mol. The largest absolute Gasteiger partial charge is 0.325 e. The number of aryl methyl sites for hydroxylation is 2. The molecule has 9 nitrogen and oxygen atoms in total. The zero-order chi connectivity index (χ0) is 25.4. The number of anilines is 2. The second-order valence-corrected chi connectivity index (χ2v) is 11.1. The highest BCUT2D eigenvalue weighted by Crippen LogP contribution is 2.38. The lowest BCUT2D eigenvalue weighted by molar-refractivity contribution is -0.136. The minimum Gasteiger partial charge on any atom is -0.324 e. The molecule has 1 aliphatic carbocycles. The first-order valence-electron chi connectivity index (χ1n) is 11.7. The molecule has 2 atom stereocenters. The topological polar surface area (TPSA) is 125 Å². The predicted molar refractivity (Wildman–Crippen MR) is 132 cm³/mol. The van der Waals surface area contributed by atoms with E-state index in [2.05, 4.69) is 15.4 Å². The molecule has 3 N–H and O–H groups in total. The van der Waals surface area contributed by atoms with Crippen molar-refractivity contribution < 1.29 is 22.8 Å². The minimum absolute atomic E-state index is 0.00785. The van der Waals surface area contributed by atoms with Gasteiger partial charge in [-0.2, -0.15) is 0 Å². The number of carbonyl (C=O) groups excluding carboxylic acids is 3. The van der Waals surface area contributed by atoms with E-state index in [1.807, 2.05) is 19.9 Å². The quantitative estimate of drug-likeness (QED) is 0.526. The highest BCUT2D eigenvalue weighted by molar-refractivity contribution is 7.92. The third-order valence-electron chi connectivity index (χ3n) is 6.83. The molecule has 2 aromatic rings. The first kappa shape index (κ1) is 24.7. The number of benzene rings is 2. The van der Waals surface area contributed by atoms with Gasteiger partial charge in [-0.05, 0) is 68.0 Å². The Morgan fingerprint density at radius 2 is 1.89 bits per heavy atom. The number of urea groups is 1. The van der Waals surface area contributed by atoms with Gasteiger partial charge in [-0.15, -0.1) is 0 Å². The van der Waals surface area contributed by atoms with Crippen LogP contribution in [0.3, 0.4) is 0 Å². The van der Waals surface area contributed by atoms with E-state index < -0.39 is 34.0 Å². The molecule has 10 heteroatoms. The number of hydrogen-bond acceptors (Lipinski definition) is 5. The van der Waals surface area contributed by atoms with Crippen molar-refractivity contribution in [3.05, 3.63) is 53.6 Å². The lowest BCUT2D eigenvalue weighted by Crippen LogP contribution is -2.54. The van der Waals surface area contributed by atoms with Crippen molar-refractivity contribution in [1.82, 2.24) is 10.2 Å². The highest BCUT2D eigenvalue weighted by Gasteiger charge is 2.55. The Balaban J connectivity index is 1.48. The van der Waals surface area contributed by atoms with E-state index in [1.54, 1.807) is 37.3 Å². The van der Waals surface area contributed by atoms with E-state index in [1.165, 1.54) is 6.07 Å². The van der Waals surface area contributed by atoms with Crippen LogP contribution >= 0.6 is 0 Å². The fourth-order valence-electron chi connectivity index (χ4n) is 4.87. The lowest BCUT2D eigenvalue weighted by atomic mass is 9.73. The van der Waals surface area contributed by atoms with Gasteiger partial charge < -0.3 is 10.6 Å². The summed E-state index contributed by atoms with van der Waals surface area (Å²) in [6.45, 7) is 5.02. The summed E-state index contributed by atoms with van der Waals surface area (Å²) >= 11 is 0. The second kappa shape index (κ2) is 9.33. The molecule has 0 radical (unpaired) electrons.